The number of carbonyl (C=O) groups is 1. The summed E-state index contributed by atoms with van der Waals surface area (Å²) in [6.07, 6.45) is 0.702. The zero-order chi connectivity index (χ0) is 13.9. The third kappa shape index (κ3) is 2.85. The minimum Gasteiger partial charge on any atom is -0.480 e. The van der Waals surface area contributed by atoms with Gasteiger partial charge in [0.25, 0.3) is 0 Å². The predicted octanol–water partition coefficient (Wildman–Crippen LogP) is 2.82. The van der Waals surface area contributed by atoms with Crippen LogP contribution in [0.4, 0.5) is 0 Å². The fraction of sp³-hybridized carbons (Fsp3) is 0.357. The van der Waals surface area contributed by atoms with E-state index < -0.39 is 0 Å². The van der Waals surface area contributed by atoms with Gasteiger partial charge in [0.2, 0.25) is 11.7 Å². The number of aromatic nitrogens is 2. The molecule has 2 aromatic rings. The minimum atomic E-state index is -0.204. The van der Waals surface area contributed by atoms with Crippen molar-refractivity contribution in [2.75, 3.05) is 5.75 Å². The van der Waals surface area contributed by atoms with Crippen LogP contribution in [0.15, 0.2) is 33.7 Å². The smallest absolute Gasteiger partial charge is 0.227 e. The van der Waals surface area contributed by atoms with E-state index in [9.17, 15) is 4.79 Å². The summed E-state index contributed by atoms with van der Waals surface area (Å²) >= 11 is 1.72. The largest absolute Gasteiger partial charge is 0.480 e. The van der Waals surface area contributed by atoms with Gasteiger partial charge in [-0.15, -0.1) is 11.8 Å². The van der Waals surface area contributed by atoms with Gasteiger partial charge in [-0.25, -0.2) is 0 Å². The third-order valence-electron chi connectivity index (χ3n) is 2.97. The lowest BCUT2D eigenvalue weighted by Gasteiger charge is -2.22. The van der Waals surface area contributed by atoms with E-state index in [2.05, 4.69) is 10.1 Å². The fourth-order valence-electron chi connectivity index (χ4n) is 1.93. The van der Waals surface area contributed by atoms with Crippen LogP contribution in [0, 0.1) is 0 Å². The Morgan fingerprint density at radius 2 is 2.30 bits per heavy atom. The van der Waals surface area contributed by atoms with Crippen LogP contribution in [0.5, 0.6) is 5.75 Å². The number of hydrogen-bond donors (Lipinski definition) is 0. The number of carbonyl (C=O) groups excluding carboxylic acids is 1. The number of fused-ring (bicyclic) bond motifs is 1. The highest BCUT2D eigenvalue weighted by molar-refractivity contribution is 7.99. The quantitative estimate of drug-likeness (QED) is 0.862. The van der Waals surface area contributed by atoms with Crippen LogP contribution in [0.2, 0.25) is 0 Å². The molecular weight excluding hydrogens is 276 g/mol. The molecule has 2 heterocycles. The lowest BCUT2D eigenvalue weighted by atomic mass is 10.2. The first-order valence-corrected chi connectivity index (χ1v) is 7.41. The number of benzene rings is 1. The van der Waals surface area contributed by atoms with Crippen molar-refractivity contribution in [2.24, 2.45) is 0 Å². The van der Waals surface area contributed by atoms with E-state index in [1.807, 2.05) is 24.3 Å². The molecule has 1 aliphatic rings. The molecule has 0 amide bonds. The van der Waals surface area contributed by atoms with Crippen LogP contribution in [-0.4, -0.2) is 21.7 Å². The Morgan fingerprint density at radius 3 is 3.15 bits per heavy atom. The Labute approximate surface area is 120 Å². The molecule has 104 valence electrons. The van der Waals surface area contributed by atoms with E-state index in [-0.39, 0.29) is 11.9 Å². The molecule has 1 aromatic carbocycles. The molecule has 1 aromatic heterocycles. The van der Waals surface area contributed by atoms with E-state index in [1.54, 1.807) is 18.7 Å². The molecule has 20 heavy (non-hydrogen) atoms. The van der Waals surface area contributed by atoms with Crippen LogP contribution in [0.3, 0.4) is 0 Å². The Bertz CT molecular complexity index is 626. The van der Waals surface area contributed by atoms with Gasteiger partial charge in [0, 0.05) is 23.5 Å². The van der Waals surface area contributed by atoms with E-state index in [4.69, 9.17) is 9.26 Å². The predicted molar refractivity (Wildman–Crippen MR) is 73.8 cm³/mol. The van der Waals surface area contributed by atoms with Crippen LogP contribution in [-0.2, 0) is 11.2 Å². The van der Waals surface area contributed by atoms with E-state index >= 15 is 0 Å². The molecule has 0 bridgehead atoms. The molecule has 0 radical (unpaired) electrons. The van der Waals surface area contributed by atoms with Gasteiger partial charge in [-0.3, -0.25) is 0 Å². The third-order valence-corrected chi connectivity index (χ3v) is 4.09. The lowest BCUT2D eigenvalue weighted by Crippen LogP contribution is -2.16. The summed E-state index contributed by atoms with van der Waals surface area (Å²) in [6.45, 7) is 1.55. The number of ketones is 1. The van der Waals surface area contributed by atoms with E-state index in [1.165, 1.54) is 0 Å². The highest BCUT2D eigenvalue weighted by Gasteiger charge is 2.25. The summed E-state index contributed by atoms with van der Waals surface area (Å²) in [5.74, 6) is 2.75. The van der Waals surface area contributed by atoms with Gasteiger partial charge < -0.3 is 14.1 Å². The summed E-state index contributed by atoms with van der Waals surface area (Å²) < 4.78 is 11.0. The summed E-state index contributed by atoms with van der Waals surface area (Å²) in [7, 11) is 0. The molecule has 0 saturated heterocycles. The normalized spacial score (nSPS) is 17.4. The van der Waals surface area contributed by atoms with Crippen LogP contribution < -0.4 is 4.74 Å². The Kier molecular flexibility index (Phi) is 3.73. The average Bonchev–Trinajstić information content (AvgIpc) is 2.93. The van der Waals surface area contributed by atoms with Crippen molar-refractivity contribution in [2.45, 2.75) is 30.8 Å². The topological polar surface area (TPSA) is 65.2 Å². The van der Waals surface area contributed by atoms with Crippen molar-refractivity contribution in [3.05, 3.63) is 36.0 Å². The van der Waals surface area contributed by atoms with Gasteiger partial charge in [0.05, 0.1) is 0 Å². The number of Topliss-reactive ketones (excluding diaryl/α,β-unsaturated/α-hetero) is 1. The monoisotopic (exact) mass is 290 g/mol. The first kappa shape index (κ1) is 13.2. The second-order valence-corrected chi connectivity index (χ2v) is 5.67. The maximum Gasteiger partial charge on any atom is 0.227 e. The first-order valence-electron chi connectivity index (χ1n) is 6.43. The molecular formula is C14H14N2O3S. The van der Waals surface area contributed by atoms with Crippen LogP contribution in [0.1, 0.15) is 31.2 Å². The van der Waals surface area contributed by atoms with Crippen molar-refractivity contribution in [3.8, 4) is 5.75 Å². The molecule has 1 atom stereocenters. The Balaban J connectivity index is 1.70. The molecule has 0 aliphatic carbocycles. The van der Waals surface area contributed by atoms with Gasteiger partial charge in [-0.2, -0.15) is 4.98 Å². The number of aryl methyl sites for hydroxylation is 1. The molecule has 0 spiro atoms. The van der Waals surface area contributed by atoms with Crippen LogP contribution in [0.25, 0.3) is 0 Å². The number of para-hydroxylation sites is 1. The number of ether oxygens (including phenoxy) is 1. The van der Waals surface area contributed by atoms with Crippen LogP contribution >= 0.6 is 11.8 Å². The molecule has 3 rings (SSSR count). The second-order valence-electron chi connectivity index (χ2n) is 4.61. The van der Waals surface area contributed by atoms with Gasteiger partial charge in [0.1, 0.15) is 11.5 Å². The van der Waals surface area contributed by atoms with Gasteiger partial charge in [-0.05, 0) is 19.1 Å². The number of thioether (sulfide) groups is 1. The van der Waals surface area contributed by atoms with Gasteiger partial charge in [-0.1, -0.05) is 17.3 Å². The van der Waals surface area contributed by atoms with E-state index in [0.29, 0.717) is 24.6 Å². The number of rotatable bonds is 4. The molecule has 0 fully saturated rings. The molecule has 6 heteroatoms. The zero-order valence-corrected chi connectivity index (χ0v) is 11.9. The molecule has 0 saturated carbocycles. The van der Waals surface area contributed by atoms with Crippen molar-refractivity contribution in [1.29, 1.82) is 0 Å². The van der Waals surface area contributed by atoms with Gasteiger partial charge >= 0.3 is 0 Å². The summed E-state index contributed by atoms with van der Waals surface area (Å²) in [6, 6.07) is 7.90. The average molecular weight is 290 g/mol. The maximum atomic E-state index is 10.9. The zero-order valence-electron chi connectivity index (χ0n) is 11.0. The maximum absolute atomic E-state index is 10.9. The summed E-state index contributed by atoms with van der Waals surface area (Å²) in [5.41, 5.74) is 0. The highest BCUT2D eigenvalue weighted by atomic mass is 32.2. The van der Waals surface area contributed by atoms with Crippen molar-refractivity contribution in [3.63, 3.8) is 0 Å². The van der Waals surface area contributed by atoms with Crippen molar-refractivity contribution >= 4 is 17.5 Å². The number of hydrogen-bond acceptors (Lipinski definition) is 6. The summed E-state index contributed by atoms with van der Waals surface area (Å²) in [5, 5.41) is 3.95. The van der Waals surface area contributed by atoms with E-state index in [0.717, 1.165) is 16.4 Å². The van der Waals surface area contributed by atoms with Crippen molar-refractivity contribution < 1.29 is 14.1 Å². The molecule has 5 nitrogen and oxygen atoms in total. The first-order chi connectivity index (χ1) is 9.72. The number of nitrogens with zero attached hydrogens (tertiary/aromatic N) is 2. The Morgan fingerprint density at radius 1 is 1.45 bits per heavy atom. The Hall–Kier alpha value is -1.82. The fourth-order valence-corrected chi connectivity index (χ4v) is 2.91. The van der Waals surface area contributed by atoms with Gasteiger partial charge in [0.15, 0.2) is 6.10 Å². The van der Waals surface area contributed by atoms with Crippen molar-refractivity contribution in [1.82, 2.24) is 10.1 Å². The second kappa shape index (κ2) is 5.66. The minimum absolute atomic E-state index is 0.114. The standard InChI is InChI=1S/C14H14N2O3S/c1-9(17)6-7-13-15-14(16-19-13)11-8-20-12-5-3-2-4-10(12)18-11/h2-5,11H,6-8H2,1H3. The molecule has 1 unspecified atom stereocenters. The highest BCUT2D eigenvalue weighted by Crippen LogP contribution is 2.39. The molecule has 0 N–H and O–H groups in total. The summed E-state index contributed by atoms with van der Waals surface area (Å²) in [4.78, 5) is 16.4. The lowest BCUT2D eigenvalue weighted by molar-refractivity contribution is -0.117. The molecule has 1 aliphatic heterocycles. The SMILES string of the molecule is CC(=O)CCc1nc(C2CSc3ccccc3O2)no1.